The smallest absolute Gasteiger partial charge is 0.180 e. The van der Waals surface area contributed by atoms with Gasteiger partial charge in [-0.05, 0) is 26.0 Å². The van der Waals surface area contributed by atoms with E-state index in [0.29, 0.717) is 11.3 Å². The summed E-state index contributed by atoms with van der Waals surface area (Å²) in [6.07, 6.45) is 13.1. The van der Waals surface area contributed by atoms with Crippen LogP contribution >= 0.6 is 11.8 Å². The number of hydrogen-bond donors (Lipinski definition) is 2. The monoisotopic (exact) mass is 305 g/mol. The lowest BCUT2D eigenvalue weighted by Gasteiger charge is -2.31. The summed E-state index contributed by atoms with van der Waals surface area (Å²) < 4.78 is 2.03. The van der Waals surface area contributed by atoms with Gasteiger partial charge < -0.3 is 15.0 Å². The highest BCUT2D eigenvalue weighted by atomic mass is 32.2. The van der Waals surface area contributed by atoms with E-state index >= 15 is 0 Å². The lowest BCUT2D eigenvalue weighted by molar-refractivity contribution is 0.474. The lowest BCUT2D eigenvalue weighted by atomic mass is 9.95. The van der Waals surface area contributed by atoms with Crippen LogP contribution in [-0.2, 0) is 0 Å². The first-order valence-corrected chi connectivity index (χ1v) is 8.97. The topological polar surface area (TPSA) is 54.2 Å². The fourth-order valence-corrected chi connectivity index (χ4v) is 3.95. The molecule has 0 aromatic carbocycles. The Morgan fingerprint density at radius 1 is 1.38 bits per heavy atom. The summed E-state index contributed by atoms with van der Waals surface area (Å²) in [6, 6.07) is 0.485. The first-order valence-electron chi connectivity index (χ1n) is 7.68. The summed E-state index contributed by atoms with van der Waals surface area (Å²) in [5.41, 5.74) is 0.905. The number of hydrogen-bond acceptors (Lipinski definition) is 5. The Hall–Kier alpha value is -1.43. The lowest BCUT2D eigenvalue weighted by Crippen LogP contribution is -2.34. The molecule has 0 saturated heterocycles. The molecular weight excluding hydrogens is 282 g/mol. The van der Waals surface area contributed by atoms with Gasteiger partial charge in [-0.2, -0.15) is 11.8 Å². The number of rotatable bonds is 5. The normalized spacial score (nSPS) is 22.4. The van der Waals surface area contributed by atoms with Crippen molar-refractivity contribution in [3.63, 3.8) is 0 Å². The third kappa shape index (κ3) is 3.10. The van der Waals surface area contributed by atoms with Crippen molar-refractivity contribution in [2.45, 2.75) is 43.9 Å². The number of anilines is 2. The van der Waals surface area contributed by atoms with Gasteiger partial charge in [-0.25, -0.2) is 9.97 Å². The average Bonchev–Trinajstić information content (AvgIpc) is 2.97. The third-order valence-electron chi connectivity index (χ3n) is 4.06. The molecule has 2 heterocycles. The molecule has 5 nitrogen and oxygen atoms in total. The van der Waals surface area contributed by atoms with Crippen LogP contribution in [0.15, 0.2) is 18.6 Å². The number of aromatic nitrogens is 3. The Labute approximate surface area is 129 Å². The fourth-order valence-electron chi connectivity index (χ4n) is 3.01. The van der Waals surface area contributed by atoms with Gasteiger partial charge in [0.1, 0.15) is 5.82 Å². The Bertz CT molecular complexity index is 597. The highest BCUT2D eigenvalue weighted by molar-refractivity contribution is 7.99. The molecule has 0 spiro atoms. The Morgan fingerprint density at radius 2 is 2.24 bits per heavy atom. The quantitative estimate of drug-likeness (QED) is 0.888. The van der Waals surface area contributed by atoms with Crippen molar-refractivity contribution >= 4 is 29.0 Å². The summed E-state index contributed by atoms with van der Waals surface area (Å²) in [5.74, 6) is 1.78. The van der Waals surface area contributed by atoms with Crippen molar-refractivity contribution in [2.75, 3.05) is 23.4 Å². The van der Waals surface area contributed by atoms with Crippen LogP contribution < -0.4 is 10.6 Å². The van der Waals surface area contributed by atoms with Crippen LogP contribution in [0, 0.1) is 0 Å². The van der Waals surface area contributed by atoms with Gasteiger partial charge in [0.15, 0.2) is 11.5 Å². The Balaban J connectivity index is 1.89. The van der Waals surface area contributed by atoms with Crippen molar-refractivity contribution in [1.82, 2.24) is 14.4 Å². The molecule has 2 atom stereocenters. The van der Waals surface area contributed by atoms with Gasteiger partial charge in [-0.1, -0.05) is 12.8 Å². The van der Waals surface area contributed by atoms with E-state index in [1.165, 1.54) is 25.7 Å². The Morgan fingerprint density at radius 3 is 3.05 bits per heavy atom. The number of imidazole rings is 1. The van der Waals surface area contributed by atoms with Gasteiger partial charge in [0.25, 0.3) is 0 Å². The predicted molar refractivity (Wildman–Crippen MR) is 90.3 cm³/mol. The highest BCUT2D eigenvalue weighted by Crippen LogP contribution is 2.30. The summed E-state index contributed by atoms with van der Waals surface area (Å²) in [5, 5.41) is 7.61. The molecule has 114 valence electrons. The van der Waals surface area contributed by atoms with E-state index < -0.39 is 0 Å². The molecule has 0 radical (unpaired) electrons. The van der Waals surface area contributed by atoms with E-state index in [1.807, 2.05) is 34.8 Å². The molecule has 3 rings (SSSR count). The van der Waals surface area contributed by atoms with E-state index in [1.54, 1.807) is 0 Å². The van der Waals surface area contributed by atoms with Gasteiger partial charge in [0.05, 0.1) is 6.20 Å². The summed E-state index contributed by atoms with van der Waals surface area (Å²) >= 11 is 1.96. The highest BCUT2D eigenvalue weighted by Gasteiger charge is 2.25. The van der Waals surface area contributed by atoms with Crippen molar-refractivity contribution in [2.24, 2.45) is 0 Å². The standard InChI is InChI=1S/C15H23N5S/c1-3-16-13-10-20-9-8-17-15(20)14(19-13)18-11-6-4-5-7-12(11)21-2/h8-12,16H,3-7H2,1-2H3,(H,18,19). The van der Waals surface area contributed by atoms with Crippen LogP contribution in [0.3, 0.4) is 0 Å². The van der Waals surface area contributed by atoms with Crippen LogP contribution in [0.5, 0.6) is 0 Å². The molecule has 0 aliphatic heterocycles. The predicted octanol–water partition coefficient (Wildman–Crippen LogP) is 3.25. The van der Waals surface area contributed by atoms with Crippen molar-refractivity contribution in [3.8, 4) is 0 Å². The Kier molecular flexibility index (Phi) is 4.53. The minimum absolute atomic E-state index is 0.485. The minimum Gasteiger partial charge on any atom is -0.369 e. The molecule has 6 heteroatoms. The third-order valence-corrected chi connectivity index (χ3v) is 5.23. The van der Waals surface area contributed by atoms with Crippen molar-refractivity contribution in [3.05, 3.63) is 18.6 Å². The van der Waals surface area contributed by atoms with Gasteiger partial charge in [-0.15, -0.1) is 0 Å². The van der Waals surface area contributed by atoms with E-state index in [0.717, 1.165) is 23.8 Å². The zero-order valence-corrected chi connectivity index (χ0v) is 13.5. The van der Waals surface area contributed by atoms with Crippen LogP contribution in [0.25, 0.3) is 5.65 Å². The zero-order valence-electron chi connectivity index (χ0n) is 12.7. The number of fused-ring (bicyclic) bond motifs is 1. The zero-order chi connectivity index (χ0) is 14.7. The number of thioether (sulfide) groups is 1. The van der Waals surface area contributed by atoms with Crippen molar-refractivity contribution in [1.29, 1.82) is 0 Å². The molecule has 21 heavy (non-hydrogen) atoms. The number of nitrogens with zero attached hydrogens (tertiary/aromatic N) is 3. The molecule has 2 N–H and O–H groups in total. The maximum Gasteiger partial charge on any atom is 0.180 e. The summed E-state index contributed by atoms with van der Waals surface area (Å²) in [6.45, 7) is 2.95. The molecule has 1 aliphatic carbocycles. The van der Waals surface area contributed by atoms with Gasteiger partial charge in [0.2, 0.25) is 0 Å². The molecule has 2 unspecified atom stereocenters. The molecule has 2 aromatic rings. The summed E-state index contributed by atoms with van der Waals surface area (Å²) in [4.78, 5) is 9.15. The maximum atomic E-state index is 4.71. The van der Waals surface area contributed by atoms with E-state index in [9.17, 15) is 0 Å². The molecule has 2 aromatic heterocycles. The molecule has 1 fully saturated rings. The maximum absolute atomic E-state index is 4.71. The second kappa shape index (κ2) is 6.56. The average molecular weight is 305 g/mol. The molecule has 1 aliphatic rings. The van der Waals surface area contributed by atoms with Crippen LogP contribution in [0.4, 0.5) is 11.6 Å². The van der Waals surface area contributed by atoms with Gasteiger partial charge in [-0.3, -0.25) is 0 Å². The van der Waals surface area contributed by atoms with Crippen LogP contribution in [-0.4, -0.2) is 38.5 Å². The fraction of sp³-hybridized carbons (Fsp3) is 0.600. The first kappa shape index (κ1) is 14.5. The summed E-state index contributed by atoms with van der Waals surface area (Å²) in [7, 11) is 0. The number of nitrogens with one attached hydrogen (secondary N) is 2. The van der Waals surface area contributed by atoms with Crippen LogP contribution in [0.1, 0.15) is 32.6 Å². The molecular formula is C15H23N5S. The largest absolute Gasteiger partial charge is 0.369 e. The SMILES string of the molecule is CCNc1cn2ccnc2c(NC2CCCCC2SC)n1. The molecule has 0 amide bonds. The van der Waals surface area contributed by atoms with Gasteiger partial charge in [0, 0.05) is 30.2 Å². The van der Waals surface area contributed by atoms with Crippen LogP contribution in [0.2, 0.25) is 0 Å². The van der Waals surface area contributed by atoms with E-state index in [2.05, 4.69) is 28.8 Å². The van der Waals surface area contributed by atoms with E-state index in [4.69, 9.17) is 4.98 Å². The second-order valence-corrected chi connectivity index (χ2v) is 6.55. The van der Waals surface area contributed by atoms with E-state index in [-0.39, 0.29) is 0 Å². The first-order chi connectivity index (χ1) is 10.3. The van der Waals surface area contributed by atoms with Gasteiger partial charge >= 0.3 is 0 Å². The second-order valence-electron chi connectivity index (χ2n) is 5.47. The minimum atomic E-state index is 0.485. The molecule has 0 bridgehead atoms. The molecule has 1 saturated carbocycles. The van der Waals surface area contributed by atoms with Crippen molar-refractivity contribution < 1.29 is 0 Å².